The maximum Gasteiger partial charge on any atom is 0.269 e. The first kappa shape index (κ1) is 14.8. The molecule has 6 heteroatoms. The van der Waals surface area contributed by atoms with Crippen LogP contribution in [0.15, 0.2) is 40.9 Å². The highest BCUT2D eigenvalue weighted by Gasteiger charge is 2.10. The molecule has 0 amide bonds. The van der Waals surface area contributed by atoms with Crippen molar-refractivity contribution in [1.29, 1.82) is 0 Å². The number of benzene rings is 2. The van der Waals surface area contributed by atoms with Crippen LogP contribution in [-0.4, -0.2) is 4.92 Å². The quantitative estimate of drug-likeness (QED) is 0.578. The molecule has 0 saturated carbocycles. The van der Waals surface area contributed by atoms with Crippen molar-refractivity contribution in [3.05, 3.63) is 67.1 Å². The van der Waals surface area contributed by atoms with Crippen molar-refractivity contribution in [1.82, 2.24) is 0 Å². The normalized spacial score (nSPS) is 10.3. The third kappa shape index (κ3) is 3.49. The van der Waals surface area contributed by atoms with Crippen molar-refractivity contribution >= 4 is 33.2 Å². The molecule has 0 heterocycles. The van der Waals surface area contributed by atoms with Gasteiger partial charge in [0.25, 0.3) is 5.69 Å². The zero-order chi connectivity index (χ0) is 14.7. The highest BCUT2D eigenvalue weighted by molar-refractivity contribution is 9.10. The smallest absolute Gasteiger partial charge is 0.269 e. The zero-order valence-corrected chi connectivity index (χ0v) is 12.9. The van der Waals surface area contributed by atoms with Gasteiger partial charge in [-0.1, -0.05) is 27.5 Å². The molecule has 0 bridgehead atoms. The molecular formula is C14H11BrClNO3. The van der Waals surface area contributed by atoms with Crippen molar-refractivity contribution < 1.29 is 9.66 Å². The first-order valence-electron chi connectivity index (χ1n) is 5.79. The summed E-state index contributed by atoms with van der Waals surface area (Å²) in [4.78, 5) is 10.3. The minimum Gasteiger partial charge on any atom is -0.489 e. The number of hydrogen-bond donors (Lipinski definition) is 0. The number of rotatable bonds is 4. The molecule has 2 aromatic rings. The van der Waals surface area contributed by atoms with Gasteiger partial charge in [0.1, 0.15) is 12.4 Å². The maximum absolute atomic E-state index is 10.7. The number of nitro groups is 1. The van der Waals surface area contributed by atoms with Gasteiger partial charge in [-0.15, -0.1) is 0 Å². The molecule has 104 valence electrons. The number of aryl methyl sites for hydroxylation is 1. The molecule has 0 fully saturated rings. The standard InChI is InChI=1S/C14H11BrClNO3/c1-9-6-11(15)2-5-14(9)20-8-10-7-12(17(18)19)3-4-13(10)16/h2-7H,8H2,1H3. The summed E-state index contributed by atoms with van der Waals surface area (Å²) < 4.78 is 6.63. The van der Waals surface area contributed by atoms with Crippen LogP contribution >= 0.6 is 27.5 Å². The average molecular weight is 357 g/mol. The van der Waals surface area contributed by atoms with E-state index in [0.29, 0.717) is 10.6 Å². The van der Waals surface area contributed by atoms with E-state index in [1.165, 1.54) is 18.2 Å². The minimum absolute atomic E-state index is 0.000489. The third-order valence-electron chi connectivity index (χ3n) is 2.76. The summed E-state index contributed by atoms with van der Waals surface area (Å²) in [5.74, 6) is 0.718. The van der Waals surface area contributed by atoms with Crippen LogP contribution in [0.5, 0.6) is 5.75 Å². The van der Waals surface area contributed by atoms with Crippen LogP contribution in [0, 0.1) is 17.0 Å². The van der Waals surface area contributed by atoms with Crippen LogP contribution in [0.1, 0.15) is 11.1 Å². The van der Waals surface area contributed by atoms with E-state index < -0.39 is 4.92 Å². The Morgan fingerprint density at radius 2 is 2.05 bits per heavy atom. The highest BCUT2D eigenvalue weighted by atomic mass is 79.9. The summed E-state index contributed by atoms with van der Waals surface area (Å²) in [5.41, 5.74) is 1.56. The molecule has 0 saturated heterocycles. The van der Waals surface area contributed by atoms with Gasteiger partial charge >= 0.3 is 0 Å². The second-order valence-electron chi connectivity index (χ2n) is 4.23. The van der Waals surface area contributed by atoms with Crippen molar-refractivity contribution in [3.63, 3.8) is 0 Å². The van der Waals surface area contributed by atoms with E-state index in [0.717, 1.165) is 15.8 Å². The Balaban J connectivity index is 2.18. The highest BCUT2D eigenvalue weighted by Crippen LogP contribution is 2.26. The van der Waals surface area contributed by atoms with Gasteiger partial charge in [-0.25, -0.2) is 0 Å². The van der Waals surface area contributed by atoms with Crippen LogP contribution in [0.3, 0.4) is 0 Å². The van der Waals surface area contributed by atoms with Gasteiger partial charge < -0.3 is 4.74 Å². The number of non-ortho nitro benzene ring substituents is 1. The van der Waals surface area contributed by atoms with Gasteiger partial charge in [-0.2, -0.15) is 0 Å². The molecular weight excluding hydrogens is 346 g/mol. The van der Waals surface area contributed by atoms with Gasteiger partial charge in [-0.3, -0.25) is 10.1 Å². The lowest BCUT2D eigenvalue weighted by Crippen LogP contribution is -1.99. The molecule has 0 radical (unpaired) electrons. The lowest BCUT2D eigenvalue weighted by molar-refractivity contribution is -0.384. The molecule has 4 nitrogen and oxygen atoms in total. The second kappa shape index (κ2) is 6.24. The molecule has 0 atom stereocenters. The first-order valence-corrected chi connectivity index (χ1v) is 6.96. The third-order valence-corrected chi connectivity index (χ3v) is 3.62. The van der Waals surface area contributed by atoms with Crippen LogP contribution in [0.25, 0.3) is 0 Å². The topological polar surface area (TPSA) is 52.4 Å². The van der Waals surface area contributed by atoms with E-state index in [-0.39, 0.29) is 12.3 Å². The Morgan fingerprint density at radius 1 is 1.30 bits per heavy atom. The number of nitro benzene ring substituents is 1. The molecule has 20 heavy (non-hydrogen) atoms. The first-order chi connectivity index (χ1) is 9.47. The summed E-state index contributed by atoms with van der Waals surface area (Å²) in [6, 6.07) is 9.95. The average Bonchev–Trinajstić information content (AvgIpc) is 2.39. The molecule has 0 aromatic heterocycles. The van der Waals surface area contributed by atoms with Gasteiger partial charge in [0.15, 0.2) is 0 Å². The van der Waals surface area contributed by atoms with Crippen LogP contribution in [0.2, 0.25) is 5.02 Å². The largest absolute Gasteiger partial charge is 0.489 e. The zero-order valence-electron chi connectivity index (χ0n) is 10.6. The Hall–Kier alpha value is -1.59. The molecule has 2 aromatic carbocycles. The summed E-state index contributed by atoms with van der Waals surface area (Å²) >= 11 is 9.40. The number of ether oxygens (including phenoxy) is 1. The summed E-state index contributed by atoms with van der Waals surface area (Å²) in [5, 5.41) is 11.2. The number of halogens is 2. The number of hydrogen-bond acceptors (Lipinski definition) is 3. The fraction of sp³-hybridized carbons (Fsp3) is 0.143. The van der Waals surface area contributed by atoms with E-state index in [4.69, 9.17) is 16.3 Å². The molecule has 0 aliphatic rings. The van der Waals surface area contributed by atoms with Crippen molar-refractivity contribution in [3.8, 4) is 5.75 Å². The lowest BCUT2D eigenvalue weighted by Gasteiger charge is -2.10. The Bertz CT molecular complexity index is 661. The summed E-state index contributed by atoms with van der Waals surface area (Å²) in [7, 11) is 0. The predicted molar refractivity (Wildman–Crippen MR) is 81.3 cm³/mol. The maximum atomic E-state index is 10.7. The van der Waals surface area contributed by atoms with Gasteiger partial charge in [0.05, 0.1) is 4.92 Å². The van der Waals surface area contributed by atoms with Crippen molar-refractivity contribution in [2.75, 3.05) is 0 Å². The van der Waals surface area contributed by atoms with Crippen LogP contribution in [-0.2, 0) is 6.61 Å². The fourth-order valence-corrected chi connectivity index (χ4v) is 2.36. The van der Waals surface area contributed by atoms with Gasteiger partial charge in [-0.05, 0) is 36.8 Å². The molecule has 0 unspecified atom stereocenters. The van der Waals surface area contributed by atoms with Crippen LogP contribution < -0.4 is 4.74 Å². The lowest BCUT2D eigenvalue weighted by atomic mass is 10.2. The minimum atomic E-state index is -0.454. The number of nitrogens with zero attached hydrogens (tertiary/aromatic N) is 1. The SMILES string of the molecule is Cc1cc(Br)ccc1OCc1cc([N+](=O)[O-])ccc1Cl. The van der Waals surface area contributed by atoms with Gasteiger partial charge in [0.2, 0.25) is 0 Å². The predicted octanol–water partition coefficient (Wildman–Crippen LogP) is 4.90. The Labute approximate surface area is 129 Å². The Kier molecular flexibility index (Phi) is 4.62. The molecule has 0 aliphatic heterocycles. The molecule has 0 spiro atoms. The van der Waals surface area contributed by atoms with E-state index in [1.54, 1.807) is 0 Å². The summed E-state index contributed by atoms with van der Waals surface area (Å²) in [6.07, 6.45) is 0. The van der Waals surface area contributed by atoms with Crippen molar-refractivity contribution in [2.45, 2.75) is 13.5 Å². The Morgan fingerprint density at radius 3 is 2.70 bits per heavy atom. The van der Waals surface area contributed by atoms with E-state index >= 15 is 0 Å². The fourth-order valence-electron chi connectivity index (χ4n) is 1.72. The van der Waals surface area contributed by atoms with E-state index in [2.05, 4.69) is 15.9 Å². The van der Waals surface area contributed by atoms with Gasteiger partial charge in [0, 0.05) is 27.2 Å². The molecule has 0 aliphatic carbocycles. The van der Waals surface area contributed by atoms with Crippen LogP contribution in [0.4, 0.5) is 5.69 Å². The van der Waals surface area contributed by atoms with E-state index in [1.807, 2.05) is 25.1 Å². The summed E-state index contributed by atoms with van der Waals surface area (Å²) in [6.45, 7) is 2.11. The second-order valence-corrected chi connectivity index (χ2v) is 5.55. The van der Waals surface area contributed by atoms with Crippen molar-refractivity contribution in [2.24, 2.45) is 0 Å². The molecule has 0 N–H and O–H groups in total. The molecule has 2 rings (SSSR count). The van der Waals surface area contributed by atoms with E-state index in [9.17, 15) is 10.1 Å². The monoisotopic (exact) mass is 355 g/mol.